The number of carbonyl (C=O) groups excluding carboxylic acids is 1. The van der Waals surface area contributed by atoms with Crippen molar-refractivity contribution < 1.29 is 42.8 Å². The molecular weight excluding hydrogens is 623 g/mol. The molecule has 1 aromatic heterocycles. The SMILES string of the molecule is CCCCCCCCCCCCCCOc1ccc(OCC(=O)NCCc2cccc[n+]2CCC)c(Cl)c1.[I-]. The summed E-state index contributed by atoms with van der Waals surface area (Å²) in [6.45, 7) is 6.59. The van der Waals surface area contributed by atoms with E-state index in [1.807, 2.05) is 18.2 Å². The van der Waals surface area contributed by atoms with Crippen LogP contribution in [0.4, 0.5) is 0 Å². The minimum absolute atomic E-state index is 0. The van der Waals surface area contributed by atoms with Gasteiger partial charge in [0.15, 0.2) is 18.5 Å². The molecule has 220 valence electrons. The lowest BCUT2D eigenvalue weighted by Crippen LogP contribution is -3.00. The summed E-state index contributed by atoms with van der Waals surface area (Å²) in [6, 6.07) is 11.5. The number of aryl methyl sites for hydroxylation is 1. The number of aromatic nitrogens is 1. The number of benzene rings is 1. The molecule has 0 fully saturated rings. The summed E-state index contributed by atoms with van der Waals surface area (Å²) in [5.74, 6) is 1.06. The van der Waals surface area contributed by atoms with Gasteiger partial charge in [0.2, 0.25) is 0 Å². The summed E-state index contributed by atoms with van der Waals surface area (Å²) in [5.41, 5.74) is 1.21. The Labute approximate surface area is 259 Å². The van der Waals surface area contributed by atoms with E-state index in [4.69, 9.17) is 21.1 Å². The molecule has 0 aliphatic rings. The predicted octanol–water partition coefficient (Wildman–Crippen LogP) is 4.86. The monoisotopic (exact) mass is 672 g/mol. The zero-order valence-electron chi connectivity index (χ0n) is 24.2. The summed E-state index contributed by atoms with van der Waals surface area (Å²) >= 11 is 6.36. The second-order valence-corrected chi connectivity index (χ2v) is 10.5. The lowest BCUT2D eigenvalue weighted by Gasteiger charge is -2.11. The molecule has 1 aromatic carbocycles. The maximum Gasteiger partial charge on any atom is 0.257 e. The fourth-order valence-corrected chi connectivity index (χ4v) is 4.77. The second-order valence-electron chi connectivity index (χ2n) is 10.1. The molecule has 0 radical (unpaired) electrons. The van der Waals surface area contributed by atoms with E-state index >= 15 is 0 Å². The quantitative estimate of drug-likeness (QED) is 0.111. The van der Waals surface area contributed by atoms with Crippen molar-refractivity contribution in [1.29, 1.82) is 0 Å². The van der Waals surface area contributed by atoms with Crippen LogP contribution >= 0.6 is 11.6 Å². The first-order valence-electron chi connectivity index (χ1n) is 14.9. The first-order valence-corrected chi connectivity index (χ1v) is 15.3. The van der Waals surface area contributed by atoms with E-state index in [1.165, 1.54) is 76.3 Å². The third-order valence-corrected chi connectivity index (χ3v) is 7.03. The highest BCUT2D eigenvalue weighted by Crippen LogP contribution is 2.29. The molecule has 39 heavy (non-hydrogen) atoms. The van der Waals surface area contributed by atoms with E-state index < -0.39 is 0 Å². The number of pyridine rings is 1. The zero-order valence-corrected chi connectivity index (χ0v) is 27.1. The summed E-state index contributed by atoms with van der Waals surface area (Å²) < 4.78 is 13.7. The van der Waals surface area contributed by atoms with Crippen LogP contribution in [0.15, 0.2) is 42.6 Å². The molecule has 1 heterocycles. The van der Waals surface area contributed by atoms with Crippen molar-refractivity contribution in [2.24, 2.45) is 0 Å². The first kappa shape index (κ1) is 35.5. The van der Waals surface area contributed by atoms with Gasteiger partial charge in [0.1, 0.15) is 18.0 Å². The normalized spacial score (nSPS) is 10.6. The number of rotatable bonds is 22. The van der Waals surface area contributed by atoms with E-state index in [2.05, 4.69) is 36.0 Å². The molecule has 0 aliphatic carbocycles. The molecule has 7 heteroatoms. The molecule has 0 spiro atoms. The average molecular weight is 673 g/mol. The van der Waals surface area contributed by atoms with Gasteiger partial charge < -0.3 is 38.8 Å². The van der Waals surface area contributed by atoms with Gasteiger partial charge in [-0.1, -0.05) is 102 Å². The Bertz CT molecular complexity index is 913. The van der Waals surface area contributed by atoms with Crippen molar-refractivity contribution >= 4 is 17.5 Å². The Morgan fingerprint density at radius 2 is 1.51 bits per heavy atom. The van der Waals surface area contributed by atoms with Gasteiger partial charge in [-0.15, -0.1) is 0 Å². The molecule has 0 bridgehead atoms. The number of unbranched alkanes of at least 4 members (excludes halogenated alkanes) is 11. The van der Waals surface area contributed by atoms with E-state index in [0.717, 1.165) is 31.6 Å². The number of ether oxygens (including phenoxy) is 2. The molecule has 0 saturated heterocycles. The molecule has 5 nitrogen and oxygen atoms in total. The topological polar surface area (TPSA) is 51.4 Å². The van der Waals surface area contributed by atoms with Gasteiger partial charge in [-0.25, -0.2) is 4.57 Å². The van der Waals surface area contributed by atoms with E-state index in [1.54, 1.807) is 12.1 Å². The lowest BCUT2D eigenvalue weighted by molar-refractivity contribution is -0.704. The molecule has 2 aromatic rings. The van der Waals surface area contributed by atoms with Gasteiger partial charge in [0.25, 0.3) is 5.91 Å². The maximum absolute atomic E-state index is 12.2. The van der Waals surface area contributed by atoms with Gasteiger partial charge in [0.05, 0.1) is 11.6 Å². The van der Waals surface area contributed by atoms with Gasteiger partial charge in [-0.3, -0.25) is 4.79 Å². The van der Waals surface area contributed by atoms with Gasteiger partial charge in [0, 0.05) is 37.6 Å². The third-order valence-electron chi connectivity index (χ3n) is 6.73. The van der Waals surface area contributed by atoms with E-state index in [-0.39, 0.29) is 36.5 Å². The number of hydrogen-bond donors (Lipinski definition) is 1. The van der Waals surface area contributed by atoms with E-state index in [9.17, 15) is 4.79 Å². The highest BCUT2D eigenvalue weighted by molar-refractivity contribution is 6.32. The van der Waals surface area contributed by atoms with Crippen LogP contribution in [-0.4, -0.2) is 25.7 Å². The van der Waals surface area contributed by atoms with Crippen LogP contribution in [0.3, 0.4) is 0 Å². The third kappa shape index (κ3) is 16.3. The largest absolute Gasteiger partial charge is 1.00 e. The minimum Gasteiger partial charge on any atom is -1.00 e. The Kier molecular flexibility index (Phi) is 21.1. The van der Waals surface area contributed by atoms with Crippen molar-refractivity contribution in [1.82, 2.24) is 5.32 Å². The second kappa shape index (κ2) is 23.2. The summed E-state index contributed by atoms with van der Waals surface area (Å²) in [7, 11) is 0. The van der Waals surface area contributed by atoms with Crippen molar-refractivity contribution in [3.8, 4) is 11.5 Å². The molecule has 2 rings (SSSR count). The number of nitrogens with one attached hydrogen (secondary N) is 1. The number of nitrogens with zero attached hydrogens (tertiary/aromatic N) is 1. The van der Waals surface area contributed by atoms with Crippen LogP contribution in [0, 0.1) is 0 Å². The van der Waals surface area contributed by atoms with Crippen molar-refractivity contribution in [2.75, 3.05) is 19.8 Å². The molecule has 0 atom stereocenters. The zero-order chi connectivity index (χ0) is 27.3. The Balaban J connectivity index is 0.00000760. The maximum atomic E-state index is 12.2. The summed E-state index contributed by atoms with van der Waals surface area (Å²) in [5, 5.41) is 3.38. The van der Waals surface area contributed by atoms with Crippen LogP contribution in [0.1, 0.15) is 103 Å². The average Bonchev–Trinajstić information content (AvgIpc) is 2.92. The first-order chi connectivity index (χ1) is 18.6. The Morgan fingerprint density at radius 1 is 0.846 bits per heavy atom. The smallest absolute Gasteiger partial charge is 0.257 e. The minimum atomic E-state index is -0.161. The molecule has 1 N–H and O–H groups in total. The Hall–Kier alpha value is -1.54. The van der Waals surface area contributed by atoms with Crippen molar-refractivity contribution in [3.63, 3.8) is 0 Å². The number of carbonyl (C=O) groups is 1. The molecule has 0 aliphatic heterocycles. The van der Waals surface area contributed by atoms with Crippen LogP contribution in [0.5, 0.6) is 11.5 Å². The van der Waals surface area contributed by atoms with Crippen LogP contribution in [0.2, 0.25) is 5.02 Å². The highest BCUT2D eigenvalue weighted by Gasteiger charge is 2.11. The number of halogens is 2. The van der Waals surface area contributed by atoms with Gasteiger partial charge in [-0.2, -0.15) is 0 Å². The molecule has 0 unspecified atom stereocenters. The predicted molar refractivity (Wildman–Crippen MR) is 157 cm³/mol. The van der Waals surface area contributed by atoms with Crippen LogP contribution in [0.25, 0.3) is 0 Å². The highest BCUT2D eigenvalue weighted by atomic mass is 127. The van der Waals surface area contributed by atoms with Gasteiger partial charge >= 0.3 is 0 Å². The standard InChI is InChI=1S/C32H49ClN2O3.HI/c1-3-5-6-7-8-9-10-11-12-13-14-17-25-37-29-19-20-31(30(33)26-29)38-27-32(36)34-22-21-28-18-15-16-24-35(28)23-4-2;/h15-16,18-20,24,26H,3-14,17,21-23,25,27H2,1-2H3;1H. The molecular formula is C32H50ClIN2O3. The van der Waals surface area contributed by atoms with Crippen LogP contribution < -0.4 is 43.3 Å². The van der Waals surface area contributed by atoms with Gasteiger partial charge in [-0.05, 0) is 18.6 Å². The number of amides is 1. The van der Waals surface area contributed by atoms with Crippen LogP contribution in [-0.2, 0) is 17.8 Å². The Morgan fingerprint density at radius 3 is 2.15 bits per heavy atom. The molecule has 1 amide bonds. The fraction of sp³-hybridized carbons (Fsp3) is 0.625. The van der Waals surface area contributed by atoms with E-state index in [0.29, 0.717) is 23.9 Å². The summed E-state index contributed by atoms with van der Waals surface area (Å²) in [4.78, 5) is 12.2. The van der Waals surface area contributed by atoms with Crippen molar-refractivity contribution in [3.05, 3.63) is 53.3 Å². The summed E-state index contributed by atoms with van der Waals surface area (Å²) in [6.07, 6.45) is 19.8. The lowest BCUT2D eigenvalue weighted by atomic mass is 10.1. The fourth-order valence-electron chi connectivity index (χ4n) is 4.54. The number of hydrogen-bond acceptors (Lipinski definition) is 3. The molecule has 0 saturated carbocycles. The van der Waals surface area contributed by atoms with Crippen molar-refractivity contribution in [2.45, 2.75) is 110 Å².